The van der Waals surface area contributed by atoms with Crippen LogP contribution in [0.2, 0.25) is 0 Å². The topological polar surface area (TPSA) is 52.0 Å². The van der Waals surface area contributed by atoms with Crippen LogP contribution in [0.25, 0.3) is 21.9 Å². The number of epoxide rings is 1. The molecule has 4 nitrogen and oxygen atoms in total. The third-order valence-electron chi connectivity index (χ3n) is 3.39. The van der Waals surface area contributed by atoms with Gasteiger partial charge < -0.3 is 13.9 Å². The van der Waals surface area contributed by atoms with E-state index in [1.807, 2.05) is 18.2 Å². The van der Waals surface area contributed by atoms with E-state index in [-0.39, 0.29) is 11.5 Å². The van der Waals surface area contributed by atoms with Crippen LogP contribution in [-0.4, -0.2) is 19.3 Å². The largest absolute Gasteiger partial charge is 0.491 e. The monoisotopic (exact) mass is 268 g/mol. The number of para-hydroxylation sites is 1. The number of hydrogen-bond acceptors (Lipinski definition) is 4. The first-order valence-corrected chi connectivity index (χ1v) is 6.51. The van der Waals surface area contributed by atoms with Gasteiger partial charge in [0.05, 0.1) is 17.4 Å². The van der Waals surface area contributed by atoms with Crippen molar-refractivity contribution in [3.63, 3.8) is 0 Å². The molecule has 0 bridgehead atoms. The molecular formula is C16H12O4. The lowest BCUT2D eigenvalue weighted by molar-refractivity contribution is 0.263. The number of ether oxygens (including phenoxy) is 2. The van der Waals surface area contributed by atoms with Crippen molar-refractivity contribution in [2.45, 2.75) is 6.10 Å². The molecule has 1 fully saturated rings. The average Bonchev–Trinajstić information content (AvgIpc) is 3.30. The fourth-order valence-corrected chi connectivity index (χ4v) is 2.23. The van der Waals surface area contributed by atoms with Crippen LogP contribution in [0.4, 0.5) is 0 Å². The van der Waals surface area contributed by atoms with Crippen LogP contribution in [0, 0.1) is 0 Å². The van der Waals surface area contributed by atoms with Crippen molar-refractivity contribution in [1.82, 2.24) is 0 Å². The minimum Gasteiger partial charge on any atom is -0.491 e. The van der Waals surface area contributed by atoms with Crippen LogP contribution in [0.3, 0.4) is 0 Å². The van der Waals surface area contributed by atoms with E-state index in [9.17, 15) is 4.79 Å². The molecule has 0 spiro atoms. The lowest BCUT2D eigenvalue weighted by atomic mass is 10.1. The molecule has 3 aromatic rings. The molecule has 0 aliphatic carbocycles. The van der Waals surface area contributed by atoms with Crippen LogP contribution >= 0.6 is 0 Å². The van der Waals surface area contributed by atoms with Crippen molar-refractivity contribution in [3.8, 4) is 5.75 Å². The molecule has 1 aliphatic rings. The fraction of sp³-hybridized carbons (Fsp3) is 0.188. The highest BCUT2D eigenvalue weighted by atomic mass is 16.6. The summed E-state index contributed by atoms with van der Waals surface area (Å²) in [4.78, 5) is 12.5. The molecule has 0 saturated carbocycles. The Balaban J connectivity index is 1.85. The summed E-state index contributed by atoms with van der Waals surface area (Å²) in [6.07, 6.45) is 0.193. The Morgan fingerprint density at radius 2 is 1.90 bits per heavy atom. The standard InChI is InChI=1S/C16H12O4/c17-16-12-3-1-2-4-14(12)20-15-6-5-10(7-13(15)16)18-8-11-9-19-11/h1-7,11H,8-9H2. The normalized spacial score (nSPS) is 17.5. The molecule has 1 aliphatic heterocycles. The smallest absolute Gasteiger partial charge is 0.200 e. The number of rotatable bonds is 3. The van der Waals surface area contributed by atoms with E-state index in [0.29, 0.717) is 34.3 Å². The minimum absolute atomic E-state index is 0.0324. The zero-order valence-corrected chi connectivity index (χ0v) is 10.7. The lowest BCUT2D eigenvalue weighted by Gasteiger charge is -2.06. The molecule has 1 aromatic heterocycles. The molecule has 2 aromatic carbocycles. The summed E-state index contributed by atoms with van der Waals surface area (Å²) >= 11 is 0. The molecular weight excluding hydrogens is 256 g/mol. The van der Waals surface area contributed by atoms with Crippen molar-refractivity contribution < 1.29 is 13.9 Å². The van der Waals surface area contributed by atoms with Gasteiger partial charge in [-0.25, -0.2) is 0 Å². The second-order valence-corrected chi connectivity index (χ2v) is 4.85. The number of hydrogen-bond donors (Lipinski definition) is 0. The summed E-state index contributed by atoms with van der Waals surface area (Å²) in [6.45, 7) is 1.27. The van der Waals surface area contributed by atoms with E-state index in [1.54, 1.807) is 24.3 Å². The molecule has 4 rings (SSSR count). The molecule has 100 valence electrons. The Morgan fingerprint density at radius 3 is 2.75 bits per heavy atom. The van der Waals surface area contributed by atoms with Gasteiger partial charge in [-0.3, -0.25) is 4.79 Å². The summed E-state index contributed by atoms with van der Waals surface area (Å²) in [5.74, 6) is 0.663. The van der Waals surface area contributed by atoms with Crippen molar-refractivity contribution in [3.05, 3.63) is 52.7 Å². The van der Waals surface area contributed by atoms with Crippen molar-refractivity contribution in [2.24, 2.45) is 0 Å². The van der Waals surface area contributed by atoms with Gasteiger partial charge in [0.1, 0.15) is 29.6 Å². The van der Waals surface area contributed by atoms with Crippen LogP contribution in [-0.2, 0) is 4.74 Å². The van der Waals surface area contributed by atoms with Gasteiger partial charge in [0.15, 0.2) is 0 Å². The Morgan fingerprint density at radius 1 is 1.10 bits per heavy atom. The van der Waals surface area contributed by atoms with Gasteiger partial charge in [-0.05, 0) is 30.3 Å². The van der Waals surface area contributed by atoms with E-state index in [0.717, 1.165) is 6.61 Å². The quantitative estimate of drug-likeness (QED) is 0.541. The Bertz CT molecular complexity index is 846. The maximum atomic E-state index is 12.5. The minimum atomic E-state index is -0.0324. The van der Waals surface area contributed by atoms with Gasteiger partial charge in [0, 0.05) is 0 Å². The molecule has 2 heterocycles. The molecule has 4 heteroatoms. The van der Waals surface area contributed by atoms with Crippen molar-refractivity contribution in [1.29, 1.82) is 0 Å². The van der Waals surface area contributed by atoms with E-state index in [2.05, 4.69) is 0 Å². The third kappa shape index (κ3) is 1.94. The second-order valence-electron chi connectivity index (χ2n) is 4.85. The van der Waals surface area contributed by atoms with Crippen LogP contribution < -0.4 is 10.2 Å². The average molecular weight is 268 g/mol. The Hall–Kier alpha value is -2.33. The van der Waals surface area contributed by atoms with Crippen molar-refractivity contribution in [2.75, 3.05) is 13.2 Å². The highest BCUT2D eigenvalue weighted by Gasteiger charge is 2.23. The van der Waals surface area contributed by atoms with E-state index < -0.39 is 0 Å². The summed E-state index contributed by atoms with van der Waals surface area (Å²) in [7, 11) is 0. The molecule has 0 N–H and O–H groups in total. The SMILES string of the molecule is O=c1c2ccccc2oc2ccc(OCC3CO3)cc12. The Labute approximate surface area is 114 Å². The third-order valence-corrected chi connectivity index (χ3v) is 3.39. The molecule has 1 saturated heterocycles. The maximum absolute atomic E-state index is 12.5. The number of benzene rings is 2. The van der Waals surface area contributed by atoms with Gasteiger partial charge in [0.2, 0.25) is 5.43 Å². The maximum Gasteiger partial charge on any atom is 0.200 e. The van der Waals surface area contributed by atoms with Gasteiger partial charge in [0.25, 0.3) is 0 Å². The number of fused-ring (bicyclic) bond motifs is 2. The van der Waals surface area contributed by atoms with Gasteiger partial charge in [-0.1, -0.05) is 12.1 Å². The van der Waals surface area contributed by atoms with Gasteiger partial charge >= 0.3 is 0 Å². The second kappa shape index (κ2) is 4.35. The fourth-order valence-electron chi connectivity index (χ4n) is 2.23. The van der Waals surface area contributed by atoms with Gasteiger partial charge in [-0.2, -0.15) is 0 Å². The first-order chi connectivity index (χ1) is 9.81. The van der Waals surface area contributed by atoms with Crippen LogP contribution in [0.15, 0.2) is 51.7 Å². The van der Waals surface area contributed by atoms with E-state index in [4.69, 9.17) is 13.9 Å². The Kier molecular flexibility index (Phi) is 2.50. The molecule has 0 amide bonds. The van der Waals surface area contributed by atoms with E-state index in [1.165, 1.54) is 0 Å². The predicted molar refractivity (Wildman–Crippen MR) is 75.2 cm³/mol. The molecule has 0 radical (unpaired) electrons. The summed E-state index contributed by atoms with van der Waals surface area (Å²) in [5.41, 5.74) is 1.14. The predicted octanol–water partition coefficient (Wildman–Crippen LogP) is 2.72. The zero-order chi connectivity index (χ0) is 13.5. The molecule has 20 heavy (non-hydrogen) atoms. The first-order valence-electron chi connectivity index (χ1n) is 6.51. The summed E-state index contributed by atoms with van der Waals surface area (Å²) in [5, 5.41) is 1.13. The highest BCUT2D eigenvalue weighted by Crippen LogP contribution is 2.23. The summed E-state index contributed by atoms with van der Waals surface area (Å²) in [6, 6.07) is 12.6. The van der Waals surface area contributed by atoms with Crippen LogP contribution in [0.1, 0.15) is 0 Å². The van der Waals surface area contributed by atoms with E-state index >= 15 is 0 Å². The van der Waals surface area contributed by atoms with Gasteiger partial charge in [-0.15, -0.1) is 0 Å². The molecule has 1 atom stereocenters. The van der Waals surface area contributed by atoms with Crippen molar-refractivity contribution >= 4 is 21.9 Å². The lowest BCUT2D eigenvalue weighted by Crippen LogP contribution is -2.05. The zero-order valence-electron chi connectivity index (χ0n) is 10.7. The summed E-state index contributed by atoms with van der Waals surface area (Å²) < 4.78 is 16.4. The van der Waals surface area contributed by atoms with Crippen LogP contribution in [0.5, 0.6) is 5.75 Å². The molecule has 1 unspecified atom stereocenters. The highest BCUT2D eigenvalue weighted by molar-refractivity contribution is 5.90. The first kappa shape index (κ1) is 11.5.